The number of rotatable bonds is 6. The zero-order chi connectivity index (χ0) is 18.4. The van der Waals surface area contributed by atoms with E-state index < -0.39 is 0 Å². The summed E-state index contributed by atoms with van der Waals surface area (Å²) in [5, 5.41) is 12.6. The fourth-order valence-corrected chi connectivity index (χ4v) is 2.40. The number of nitrogens with zero attached hydrogens (tertiary/aromatic N) is 2. The Morgan fingerprint density at radius 3 is 2.42 bits per heavy atom. The number of H-pyrrole nitrogens is 1. The van der Waals surface area contributed by atoms with E-state index in [1.165, 1.54) is 6.33 Å². The maximum absolute atomic E-state index is 12.0. The topological polar surface area (TPSA) is 99.8 Å². The minimum atomic E-state index is -0.245. The van der Waals surface area contributed by atoms with Gasteiger partial charge in [-0.1, -0.05) is 11.6 Å². The van der Waals surface area contributed by atoms with Crippen molar-refractivity contribution in [1.82, 2.24) is 20.5 Å². The van der Waals surface area contributed by atoms with Crippen LogP contribution in [0.2, 0.25) is 5.02 Å². The van der Waals surface area contributed by atoms with Crippen LogP contribution < -0.4 is 10.6 Å². The number of anilines is 1. The molecule has 26 heavy (non-hydrogen) atoms. The number of carbonyl (C=O) groups is 2. The SMILES string of the molecule is O=C(CCNC(=O)c1ccc(Cl)cc1)Nc1ccc(-c2ncn[nH]2)cc1. The highest BCUT2D eigenvalue weighted by atomic mass is 35.5. The Morgan fingerprint density at radius 1 is 1.04 bits per heavy atom. The highest BCUT2D eigenvalue weighted by Gasteiger charge is 2.07. The molecule has 0 fully saturated rings. The normalized spacial score (nSPS) is 10.3. The molecule has 0 aliphatic heterocycles. The van der Waals surface area contributed by atoms with Crippen molar-refractivity contribution in [2.45, 2.75) is 6.42 Å². The van der Waals surface area contributed by atoms with Gasteiger partial charge in [-0.05, 0) is 48.5 Å². The molecule has 0 saturated carbocycles. The summed E-state index contributed by atoms with van der Waals surface area (Å²) in [5.74, 6) is 0.229. The summed E-state index contributed by atoms with van der Waals surface area (Å²) >= 11 is 5.79. The molecular weight excluding hydrogens is 354 g/mol. The van der Waals surface area contributed by atoms with Gasteiger partial charge in [0.25, 0.3) is 5.91 Å². The van der Waals surface area contributed by atoms with Gasteiger partial charge in [0.2, 0.25) is 5.91 Å². The third-order valence-corrected chi connectivity index (χ3v) is 3.85. The predicted molar refractivity (Wildman–Crippen MR) is 98.9 cm³/mol. The molecule has 7 nitrogen and oxygen atoms in total. The van der Waals surface area contributed by atoms with E-state index in [9.17, 15) is 9.59 Å². The smallest absolute Gasteiger partial charge is 0.251 e. The van der Waals surface area contributed by atoms with Crippen LogP contribution in [0.4, 0.5) is 5.69 Å². The van der Waals surface area contributed by atoms with Gasteiger partial charge in [0.15, 0.2) is 5.82 Å². The van der Waals surface area contributed by atoms with Gasteiger partial charge >= 0.3 is 0 Å². The lowest BCUT2D eigenvalue weighted by atomic mass is 10.2. The van der Waals surface area contributed by atoms with Crippen molar-refractivity contribution in [3.63, 3.8) is 0 Å². The second kappa shape index (κ2) is 8.26. The summed E-state index contributed by atoms with van der Waals surface area (Å²) in [6.07, 6.45) is 1.60. The highest BCUT2D eigenvalue weighted by Crippen LogP contribution is 2.17. The maximum Gasteiger partial charge on any atom is 0.251 e. The van der Waals surface area contributed by atoms with Crippen molar-refractivity contribution in [3.05, 3.63) is 65.4 Å². The van der Waals surface area contributed by atoms with Crippen molar-refractivity contribution in [3.8, 4) is 11.4 Å². The minimum Gasteiger partial charge on any atom is -0.352 e. The molecule has 0 spiro atoms. The van der Waals surface area contributed by atoms with Gasteiger partial charge in [-0.15, -0.1) is 0 Å². The Labute approximate surface area is 154 Å². The molecule has 0 aliphatic carbocycles. The summed E-state index contributed by atoms with van der Waals surface area (Å²) in [6.45, 7) is 0.240. The minimum absolute atomic E-state index is 0.170. The lowest BCUT2D eigenvalue weighted by Gasteiger charge is -2.07. The molecule has 0 atom stereocenters. The number of carbonyl (C=O) groups excluding carboxylic acids is 2. The van der Waals surface area contributed by atoms with Crippen LogP contribution in [0.3, 0.4) is 0 Å². The van der Waals surface area contributed by atoms with Gasteiger partial charge in [0, 0.05) is 34.8 Å². The van der Waals surface area contributed by atoms with Crippen molar-refractivity contribution in [2.75, 3.05) is 11.9 Å². The molecule has 0 saturated heterocycles. The largest absolute Gasteiger partial charge is 0.352 e. The number of aromatic nitrogens is 3. The molecule has 0 radical (unpaired) electrons. The van der Waals surface area contributed by atoms with Crippen molar-refractivity contribution in [2.24, 2.45) is 0 Å². The van der Waals surface area contributed by atoms with E-state index in [0.29, 0.717) is 22.1 Å². The van der Waals surface area contributed by atoms with Crippen molar-refractivity contribution in [1.29, 1.82) is 0 Å². The highest BCUT2D eigenvalue weighted by molar-refractivity contribution is 6.30. The maximum atomic E-state index is 12.0. The Bertz CT molecular complexity index is 877. The molecule has 8 heteroatoms. The zero-order valence-corrected chi connectivity index (χ0v) is 14.5. The quantitative estimate of drug-likeness (QED) is 0.622. The van der Waals surface area contributed by atoms with Crippen LogP contribution in [0, 0.1) is 0 Å². The molecule has 0 bridgehead atoms. The Kier molecular flexibility index (Phi) is 5.60. The van der Waals surface area contributed by atoms with Gasteiger partial charge in [-0.2, -0.15) is 5.10 Å². The number of hydrogen-bond donors (Lipinski definition) is 3. The Hall–Kier alpha value is -3.19. The lowest BCUT2D eigenvalue weighted by Crippen LogP contribution is -2.27. The number of benzene rings is 2. The second-order valence-corrected chi connectivity index (χ2v) is 5.91. The molecule has 2 aromatic carbocycles. The fraction of sp³-hybridized carbons (Fsp3) is 0.111. The van der Waals surface area contributed by atoms with E-state index in [4.69, 9.17) is 11.6 Å². The number of aromatic amines is 1. The van der Waals surface area contributed by atoms with Crippen LogP contribution in [-0.4, -0.2) is 33.5 Å². The van der Waals surface area contributed by atoms with Gasteiger partial charge < -0.3 is 10.6 Å². The third kappa shape index (κ3) is 4.67. The van der Waals surface area contributed by atoms with Crippen molar-refractivity contribution >= 4 is 29.1 Å². The summed E-state index contributed by atoms with van der Waals surface area (Å²) in [6, 6.07) is 13.8. The van der Waals surface area contributed by atoms with Gasteiger partial charge in [-0.25, -0.2) is 4.98 Å². The van der Waals surface area contributed by atoms with Gasteiger partial charge in [0.1, 0.15) is 6.33 Å². The molecule has 3 rings (SSSR count). The lowest BCUT2D eigenvalue weighted by molar-refractivity contribution is -0.116. The van der Waals surface area contributed by atoms with E-state index >= 15 is 0 Å². The molecular formula is C18H16ClN5O2. The first-order chi connectivity index (χ1) is 12.6. The first-order valence-electron chi connectivity index (χ1n) is 7.91. The summed E-state index contributed by atoms with van der Waals surface area (Å²) < 4.78 is 0. The Balaban J connectivity index is 1.45. The van der Waals surface area contributed by atoms with Crippen LogP contribution in [0.15, 0.2) is 54.9 Å². The standard InChI is InChI=1S/C18H16ClN5O2/c19-14-5-1-13(2-6-14)18(26)20-10-9-16(25)23-15-7-3-12(4-8-15)17-21-11-22-24-17/h1-8,11H,9-10H2,(H,20,26)(H,23,25)(H,21,22,24). The number of halogens is 1. The fourth-order valence-electron chi connectivity index (χ4n) is 2.27. The van der Waals surface area contributed by atoms with Crippen LogP contribution in [0.25, 0.3) is 11.4 Å². The van der Waals surface area contributed by atoms with Gasteiger partial charge in [0.05, 0.1) is 0 Å². The van der Waals surface area contributed by atoms with E-state index in [-0.39, 0.29) is 24.8 Å². The van der Waals surface area contributed by atoms with Crippen LogP contribution >= 0.6 is 11.6 Å². The first kappa shape index (κ1) is 17.6. The van der Waals surface area contributed by atoms with E-state index in [1.807, 2.05) is 12.1 Å². The number of nitrogens with one attached hydrogen (secondary N) is 3. The zero-order valence-electron chi connectivity index (χ0n) is 13.7. The van der Waals surface area contributed by atoms with Crippen molar-refractivity contribution < 1.29 is 9.59 Å². The summed E-state index contributed by atoms with van der Waals surface area (Å²) in [5.41, 5.74) is 2.04. The average Bonchev–Trinajstić information content (AvgIpc) is 3.17. The molecule has 1 heterocycles. The third-order valence-electron chi connectivity index (χ3n) is 3.60. The monoisotopic (exact) mass is 369 g/mol. The van der Waals surface area contributed by atoms with Crippen LogP contribution in [0.1, 0.15) is 16.8 Å². The Morgan fingerprint density at radius 2 is 1.77 bits per heavy atom. The van der Waals surface area contributed by atoms with Gasteiger partial charge in [-0.3, -0.25) is 14.7 Å². The average molecular weight is 370 g/mol. The number of hydrogen-bond acceptors (Lipinski definition) is 4. The van der Waals surface area contributed by atoms with E-state index in [0.717, 1.165) is 5.56 Å². The molecule has 3 N–H and O–H groups in total. The summed E-state index contributed by atoms with van der Waals surface area (Å²) in [7, 11) is 0. The molecule has 132 valence electrons. The molecule has 1 aromatic heterocycles. The van der Waals surface area contributed by atoms with E-state index in [2.05, 4.69) is 25.8 Å². The molecule has 3 aromatic rings. The summed E-state index contributed by atoms with van der Waals surface area (Å²) in [4.78, 5) is 28.0. The second-order valence-electron chi connectivity index (χ2n) is 5.47. The van der Waals surface area contributed by atoms with Crippen LogP contribution in [0.5, 0.6) is 0 Å². The van der Waals surface area contributed by atoms with E-state index in [1.54, 1.807) is 36.4 Å². The number of amides is 2. The molecule has 2 amide bonds. The van der Waals surface area contributed by atoms with Crippen LogP contribution in [-0.2, 0) is 4.79 Å². The predicted octanol–water partition coefficient (Wildman–Crippen LogP) is 2.88. The first-order valence-corrected chi connectivity index (χ1v) is 8.29. The molecule has 0 aliphatic rings. The molecule has 0 unspecified atom stereocenters.